The van der Waals surface area contributed by atoms with Gasteiger partial charge in [-0.1, -0.05) is 29.8 Å². The minimum absolute atomic E-state index is 0.0578. The van der Waals surface area contributed by atoms with Crippen molar-refractivity contribution in [1.29, 1.82) is 0 Å². The molecule has 5 N–H and O–H groups in total. The number of hydrogen-bond acceptors (Lipinski definition) is 7. The predicted octanol–water partition coefficient (Wildman–Crippen LogP) is 1.88. The zero-order valence-corrected chi connectivity index (χ0v) is 19.8. The smallest absolute Gasteiger partial charge is 0.328 e. The first-order valence-corrected chi connectivity index (χ1v) is 10.2. The highest BCUT2D eigenvalue weighted by molar-refractivity contribution is 5.96. The zero-order chi connectivity index (χ0) is 28.4. The van der Waals surface area contributed by atoms with Gasteiger partial charge in [0.2, 0.25) is 5.91 Å². The van der Waals surface area contributed by atoms with E-state index in [2.05, 4.69) is 10.6 Å². The van der Waals surface area contributed by atoms with E-state index in [9.17, 15) is 34.1 Å². The molecule has 2 aromatic carbocycles. The maximum absolute atomic E-state index is 11.3. The van der Waals surface area contributed by atoms with Gasteiger partial charge < -0.3 is 26.0 Å². The van der Waals surface area contributed by atoms with Crippen LogP contribution in [-0.4, -0.2) is 63.6 Å². The van der Waals surface area contributed by atoms with Crippen molar-refractivity contribution in [2.24, 2.45) is 0 Å². The van der Waals surface area contributed by atoms with Crippen LogP contribution in [0.4, 0.5) is 5.69 Å². The second kappa shape index (κ2) is 17.2. The molecule has 0 aliphatic rings. The van der Waals surface area contributed by atoms with Gasteiger partial charge in [0.15, 0.2) is 0 Å². The van der Waals surface area contributed by atoms with E-state index in [4.69, 9.17) is 15.3 Å². The minimum Gasteiger partial charge on any atom is -0.480 e. The van der Waals surface area contributed by atoms with Crippen LogP contribution in [0, 0.1) is 17.0 Å². The Balaban J connectivity index is 0.000000541. The van der Waals surface area contributed by atoms with Gasteiger partial charge in [0.1, 0.15) is 6.54 Å². The van der Waals surface area contributed by atoms with E-state index >= 15 is 0 Å². The van der Waals surface area contributed by atoms with Crippen LogP contribution in [0.5, 0.6) is 0 Å². The van der Waals surface area contributed by atoms with Crippen LogP contribution >= 0.6 is 0 Å². The molecule has 0 atom stereocenters. The molecule has 0 radical (unpaired) electrons. The fourth-order valence-electron chi connectivity index (χ4n) is 2.18. The van der Waals surface area contributed by atoms with Crippen LogP contribution in [0.1, 0.15) is 21.5 Å². The van der Waals surface area contributed by atoms with Crippen molar-refractivity contribution < 1.29 is 44.2 Å². The molecule has 0 saturated heterocycles. The number of benzene rings is 2. The molecular weight excluding hydrogens is 490 g/mol. The monoisotopic (exact) mass is 515 g/mol. The van der Waals surface area contributed by atoms with Gasteiger partial charge in [-0.2, -0.15) is 0 Å². The summed E-state index contributed by atoms with van der Waals surface area (Å²) >= 11 is 0. The van der Waals surface area contributed by atoms with E-state index in [0.29, 0.717) is 11.1 Å². The number of carbonyl (C=O) groups is 5. The summed E-state index contributed by atoms with van der Waals surface area (Å²) in [4.78, 5) is 61.5. The standard InChI is InChI=1S/C10H11NO3.C9H7NO4.C5H7NO3/c1-7-3-2-4-8(5-7)10(14)11-6-9(12)13;11-9(12)5-4-7-2-1-3-8(6-7)10(13)14;1-6-4(7)2-3-5(8)9/h2-5H,6H2,1H3,(H,11,14)(H,12,13);1-6H,(H,11,12);2-3H,1H3,(H,6,7)(H,8,9)/b;;3-2-. The van der Waals surface area contributed by atoms with Crippen LogP contribution in [0.25, 0.3) is 6.08 Å². The second-order valence-corrected chi connectivity index (χ2v) is 6.76. The van der Waals surface area contributed by atoms with Gasteiger partial charge in [-0.3, -0.25) is 24.5 Å². The van der Waals surface area contributed by atoms with Crippen molar-refractivity contribution in [2.75, 3.05) is 13.6 Å². The van der Waals surface area contributed by atoms with Crippen molar-refractivity contribution in [3.63, 3.8) is 0 Å². The number of non-ortho nitro benzene ring substituents is 1. The summed E-state index contributed by atoms with van der Waals surface area (Å²) < 4.78 is 0. The average molecular weight is 515 g/mol. The van der Waals surface area contributed by atoms with E-state index in [0.717, 1.165) is 23.8 Å². The SMILES string of the molecule is CNC(=O)/C=C\C(=O)O.Cc1cccc(C(=O)NCC(=O)O)c1.O=C(O)C=Cc1cccc([N+](=O)[O-])c1. The summed E-state index contributed by atoms with van der Waals surface area (Å²) in [5.74, 6) is -4.05. The molecule has 2 aromatic rings. The lowest BCUT2D eigenvalue weighted by Gasteiger charge is -2.02. The Morgan fingerprint density at radius 3 is 2.05 bits per heavy atom. The minimum atomic E-state index is -1.13. The van der Waals surface area contributed by atoms with Crippen LogP contribution in [0.3, 0.4) is 0 Å². The van der Waals surface area contributed by atoms with Crippen molar-refractivity contribution in [3.05, 3.63) is 93.6 Å². The molecule has 0 aromatic heterocycles. The molecule has 2 rings (SSSR count). The highest BCUT2D eigenvalue weighted by atomic mass is 16.6. The Morgan fingerprint density at radius 2 is 1.54 bits per heavy atom. The summed E-state index contributed by atoms with van der Waals surface area (Å²) in [7, 11) is 1.43. The van der Waals surface area contributed by atoms with Gasteiger partial charge in [-0.05, 0) is 30.7 Å². The number of nitro groups is 1. The molecule has 0 aliphatic heterocycles. The first-order valence-electron chi connectivity index (χ1n) is 10.2. The van der Waals surface area contributed by atoms with Crippen molar-refractivity contribution in [2.45, 2.75) is 6.92 Å². The number of aliphatic carboxylic acids is 3. The van der Waals surface area contributed by atoms with Crippen LogP contribution in [-0.2, 0) is 19.2 Å². The molecule has 0 spiro atoms. The normalized spacial score (nSPS) is 9.78. The molecule has 0 aliphatic carbocycles. The molecule has 2 amide bonds. The maximum atomic E-state index is 11.3. The molecule has 0 saturated carbocycles. The number of nitro benzene ring substituents is 1. The molecule has 0 fully saturated rings. The third-order valence-electron chi connectivity index (χ3n) is 3.80. The van der Waals surface area contributed by atoms with Crippen molar-refractivity contribution in [1.82, 2.24) is 10.6 Å². The van der Waals surface area contributed by atoms with Gasteiger partial charge in [-0.15, -0.1) is 0 Å². The summed E-state index contributed by atoms with van der Waals surface area (Å²) in [6, 6.07) is 12.7. The van der Waals surface area contributed by atoms with Crippen LogP contribution in [0.2, 0.25) is 0 Å². The lowest BCUT2D eigenvalue weighted by atomic mass is 10.1. The average Bonchev–Trinajstić information content (AvgIpc) is 2.85. The van der Waals surface area contributed by atoms with Gasteiger partial charge in [0.05, 0.1) is 4.92 Å². The number of carboxylic acid groups (broad SMARTS) is 3. The number of likely N-dealkylation sites (N-methyl/N-ethyl adjacent to an activating group) is 1. The van der Waals surface area contributed by atoms with Crippen LogP contribution in [0.15, 0.2) is 66.8 Å². The molecule has 0 unspecified atom stereocenters. The Kier molecular flexibility index (Phi) is 14.7. The summed E-state index contributed by atoms with van der Waals surface area (Å²) in [6.07, 6.45) is 3.95. The third kappa shape index (κ3) is 16.0. The van der Waals surface area contributed by atoms with Gasteiger partial charge in [-0.25, -0.2) is 9.59 Å². The summed E-state index contributed by atoms with van der Waals surface area (Å²) in [6.45, 7) is 1.51. The summed E-state index contributed by atoms with van der Waals surface area (Å²) in [5, 5.41) is 39.5. The van der Waals surface area contributed by atoms with E-state index in [1.807, 2.05) is 13.0 Å². The quantitative estimate of drug-likeness (QED) is 0.195. The molecule has 0 heterocycles. The number of nitrogens with one attached hydrogen (secondary N) is 2. The molecule has 13 heteroatoms. The number of hydrogen-bond donors (Lipinski definition) is 5. The number of aryl methyl sites for hydroxylation is 1. The fraction of sp³-hybridized carbons (Fsp3) is 0.125. The largest absolute Gasteiger partial charge is 0.480 e. The third-order valence-corrected chi connectivity index (χ3v) is 3.80. The van der Waals surface area contributed by atoms with E-state index < -0.39 is 28.7 Å². The Morgan fingerprint density at radius 1 is 0.919 bits per heavy atom. The number of nitrogens with zero attached hydrogens (tertiary/aromatic N) is 1. The summed E-state index contributed by atoms with van der Waals surface area (Å²) in [5.41, 5.74) is 1.87. The second-order valence-electron chi connectivity index (χ2n) is 6.76. The van der Waals surface area contributed by atoms with E-state index in [1.54, 1.807) is 24.3 Å². The number of rotatable bonds is 8. The number of carboxylic acids is 3. The molecular formula is C24H25N3O10. The molecule has 196 valence electrons. The topological polar surface area (TPSA) is 213 Å². The van der Waals surface area contributed by atoms with Crippen molar-refractivity contribution >= 4 is 41.5 Å². The number of carbonyl (C=O) groups excluding carboxylic acids is 2. The lowest BCUT2D eigenvalue weighted by molar-refractivity contribution is -0.384. The Labute approximate surface area is 210 Å². The molecule has 13 nitrogen and oxygen atoms in total. The Hall–Kier alpha value is -5.33. The van der Waals surface area contributed by atoms with Gasteiger partial charge in [0.25, 0.3) is 11.6 Å². The highest BCUT2D eigenvalue weighted by Crippen LogP contribution is 2.13. The van der Waals surface area contributed by atoms with Crippen LogP contribution < -0.4 is 10.6 Å². The lowest BCUT2D eigenvalue weighted by Crippen LogP contribution is -2.29. The highest BCUT2D eigenvalue weighted by Gasteiger charge is 2.06. The Bertz CT molecular complexity index is 1190. The fourth-order valence-corrected chi connectivity index (χ4v) is 2.18. The van der Waals surface area contributed by atoms with E-state index in [1.165, 1.54) is 31.3 Å². The van der Waals surface area contributed by atoms with Gasteiger partial charge in [0, 0.05) is 43.0 Å². The number of amides is 2. The zero-order valence-electron chi connectivity index (χ0n) is 19.8. The van der Waals surface area contributed by atoms with E-state index in [-0.39, 0.29) is 18.1 Å². The molecule has 37 heavy (non-hydrogen) atoms. The van der Waals surface area contributed by atoms with Gasteiger partial charge >= 0.3 is 17.9 Å². The maximum Gasteiger partial charge on any atom is 0.328 e. The van der Waals surface area contributed by atoms with Crippen molar-refractivity contribution in [3.8, 4) is 0 Å². The molecule has 0 bridgehead atoms. The predicted molar refractivity (Wildman–Crippen MR) is 132 cm³/mol. The first kappa shape index (κ1) is 31.7. The first-order chi connectivity index (χ1) is 17.3.